The smallest absolute Gasteiger partial charge is 0.352 e. The zero-order chi connectivity index (χ0) is 24.2. The number of nitrogens with zero attached hydrogens (tertiary/aromatic N) is 3. The number of anilines is 1. The average molecular weight is 460 g/mol. The third kappa shape index (κ3) is 4.63. The minimum absolute atomic E-state index is 0.0418. The van der Waals surface area contributed by atoms with Crippen molar-refractivity contribution in [1.82, 2.24) is 14.3 Å². The van der Waals surface area contributed by atoms with Gasteiger partial charge in [-0.2, -0.15) is 9.78 Å². The summed E-state index contributed by atoms with van der Waals surface area (Å²) in [5, 5.41) is 6.61. The summed E-state index contributed by atoms with van der Waals surface area (Å²) in [6.07, 6.45) is 0. The van der Waals surface area contributed by atoms with Gasteiger partial charge in [-0.1, -0.05) is 24.3 Å². The van der Waals surface area contributed by atoms with Crippen LogP contribution in [0, 0.1) is 12.7 Å². The van der Waals surface area contributed by atoms with E-state index in [1.54, 1.807) is 36.4 Å². The van der Waals surface area contributed by atoms with Gasteiger partial charge in [-0.05, 0) is 66.6 Å². The lowest BCUT2D eigenvalue weighted by Gasteiger charge is -2.13. The van der Waals surface area contributed by atoms with Crippen molar-refractivity contribution >= 4 is 11.6 Å². The summed E-state index contributed by atoms with van der Waals surface area (Å²) >= 11 is 0. The second-order valence-corrected chi connectivity index (χ2v) is 7.52. The Hall–Kier alpha value is -4.53. The molecule has 0 spiro atoms. The highest BCUT2D eigenvalue weighted by Gasteiger charge is 2.21. The Morgan fingerprint density at radius 1 is 1.00 bits per heavy atom. The van der Waals surface area contributed by atoms with E-state index in [-0.39, 0.29) is 12.2 Å². The van der Waals surface area contributed by atoms with Crippen LogP contribution in [0.15, 0.2) is 82.4 Å². The first-order chi connectivity index (χ1) is 16.4. The maximum Gasteiger partial charge on any atom is 0.352 e. The Bertz CT molecular complexity index is 1460. The Morgan fingerprint density at radius 3 is 2.32 bits per heavy atom. The van der Waals surface area contributed by atoms with Crippen molar-refractivity contribution in [3.05, 3.63) is 116 Å². The van der Waals surface area contributed by atoms with E-state index in [0.29, 0.717) is 11.4 Å². The van der Waals surface area contributed by atoms with Gasteiger partial charge < -0.3 is 10.1 Å². The molecule has 172 valence electrons. The molecule has 0 bridgehead atoms. The fourth-order valence-electron chi connectivity index (χ4n) is 3.37. The largest absolute Gasteiger partial charge is 0.497 e. The third-order valence-corrected chi connectivity index (χ3v) is 5.28. The highest BCUT2D eigenvalue weighted by atomic mass is 19.1. The molecule has 0 radical (unpaired) electrons. The standard InChI is InChI=1S/C25H21FN4O4/c1-16-5-3-4-6-17(16)15-29-24(32)22(23(31)27-19-9-7-18(26)8-10-19)28-30(25(29)33)20-11-13-21(34-2)14-12-20/h3-14H,15H2,1-2H3,(H,27,31). The number of nitrogens with one attached hydrogen (secondary N) is 1. The minimum Gasteiger partial charge on any atom is -0.497 e. The van der Waals surface area contributed by atoms with Crippen molar-refractivity contribution in [2.75, 3.05) is 12.4 Å². The summed E-state index contributed by atoms with van der Waals surface area (Å²) in [6, 6.07) is 18.9. The molecule has 0 aliphatic rings. The molecule has 0 unspecified atom stereocenters. The third-order valence-electron chi connectivity index (χ3n) is 5.28. The van der Waals surface area contributed by atoms with Gasteiger partial charge >= 0.3 is 5.69 Å². The van der Waals surface area contributed by atoms with Gasteiger partial charge in [-0.25, -0.2) is 9.18 Å². The predicted octanol–water partition coefficient (Wildman–Crippen LogP) is 3.15. The normalized spacial score (nSPS) is 10.7. The monoisotopic (exact) mass is 460 g/mol. The number of hydrogen-bond acceptors (Lipinski definition) is 5. The van der Waals surface area contributed by atoms with Crippen LogP contribution in [0.4, 0.5) is 10.1 Å². The van der Waals surface area contributed by atoms with E-state index in [1.807, 2.05) is 19.1 Å². The number of amides is 1. The number of rotatable bonds is 6. The van der Waals surface area contributed by atoms with E-state index in [9.17, 15) is 18.8 Å². The average Bonchev–Trinajstić information content (AvgIpc) is 2.84. The lowest BCUT2D eigenvalue weighted by molar-refractivity contribution is 0.101. The van der Waals surface area contributed by atoms with Crippen molar-refractivity contribution in [2.45, 2.75) is 13.5 Å². The zero-order valence-electron chi connectivity index (χ0n) is 18.5. The molecule has 4 aromatic rings. The first-order valence-corrected chi connectivity index (χ1v) is 10.4. The van der Waals surface area contributed by atoms with Crippen LogP contribution in [0.5, 0.6) is 5.75 Å². The van der Waals surface area contributed by atoms with Gasteiger partial charge in [0.25, 0.3) is 11.5 Å². The summed E-state index contributed by atoms with van der Waals surface area (Å²) in [5.74, 6) is -0.721. The molecule has 0 saturated carbocycles. The van der Waals surface area contributed by atoms with Gasteiger partial charge in [-0.3, -0.25) is 14.2 Å². The quantitative estimate of drug-likeness (QED) is 0.477. The Morgan fingerprint density at radius 2 is 1.68 bits per heavy atom. The molecule has 1 amide bonds. The maximum absolute atomic E-state index is 13.3. The van der Waals surface area contributed by atoms with Crippen LogP contribution in [-0.2, 0) is 6.54 Å². The maximum atomic E-state index is 13.3. The zero-order valence-corrected chi connectivity index (χ0v) is 18.5. The second-order valence-electron chi connectivity index (χ2n) is 7.52. The van der Waals surface area contributed by atoms with E-state index in [2.05, 4.69) is 10.4 Å². The Balaban J connectivity index is 1.84. The highest BCUT2D eigenvalue weighted by molar-refractivity contribution is 6.02. The van der Waals surface area contributed by atoms with E-state index in [4.69, 9.17) is 4.74 Å². The van der Waals surface area contributed by atoms with Crippen LogP contribution in [0.2, 0.25) is 0 Å². The molecule has 0 aliphatic heterocycles. The van der Waals surface area contributed by atoms with E-state index >= 15 is 0 Å². The molecule has 1 aromatic heterocycles. The van der Waals surface area contributed by atoms with Crippen molar-refractivity contribution in [3.8, 4) is 11.4 Å². The Kier molecular flexibility index (Phi) is 6.35. The second kappa shape index (κ2) is 9.53. The molecule has 0 saturated heterocycles. The lowest BCUT2D eigenvalue weighted by atomic mass is 10.1. The highest BCUT2D eigenvalue weighted by Crippen LogP contribution is 2.14. The molecule has 9 heteroatoms. The van der Waals surface area contributed by atoms with Crippen LogP contribution in [0.25, 0.3) is 5.69 Å². The fourth-order valence-corrected chi connectivity index (χ4v) is 3.37. The predicted molar refractivity (Wildman–Crippen MR) is 125 cm³/mol. The van der Waals surface area contributed by atoms with Crippen molar-refractivity contribution < 1.29 is 13.9 Å². The van der Waals surface area contributed by atoms with Gasteiger partial charge in [-0.15, -0.1) is 0 Å². The Labute approximate surface area is 193 Å². The molecular formula is C25H21FN4O4. The molecule has 0 atom stereocenters. The summed E-state index contributed by atoms with van der Waals surface area (Å²) in [4.78, 5) is 39.5. The molecule has 0 aliphatic carbocycles. The number of carbonyl (C=O) groups is 1. The van der Waals surface area contributed by atoms with Gasteiger partial charge in [0.1, 0.15) is 11.6 Å². The van der Waals surface area contributed by atoms with Crippen LogP contribution >= 0.6 is 0 Å². The van der Waals surface area contributed by atoms with Gasteiger partial charge in [0, 0.05) is 5.69 Å². The van der Waals surface area contributed by atoms with Crippen molar-refractivity contribution in [2.24, 2.45) is 0 Å². The SMILES string of the molecule is COc1ccc(-n2nc(C(=O)Nc3ccc(F)cc3)c(=O)n(Cc3ccccc3C)c2=O)cc1. The van der Waals surface area contributed by atoms with Gasteiger partial charge in [0.2, 0.25) is 5.69 Å². The number of ether oxygens (including phenoxy) is 1. The number of aryl methyl sites for hydroxylation is 1. The number of methoxy groups -OCH3 is 1. The lowest BCUT2D eigenvalue weighted by Crippen LogP contribution is -2.45. The van der Waals surface area contributed by atoms with E-state index < -0.39 is 28.7 Å². The van der Waals surface area contributed by atoms with Crippen molar-refractivity contribution in [1.29, 1.82) is 0 Å². The van der Waals surface area contributed by atoms with E-state index in [1.165, 1.54) is 31.4 Å². The number of benzene rings is 3. The van der Waals surface area contributed by atoms with Crippen LogP contribution in [0.3, 0.4) is 0 Å². The number of aromatic nitrogens is 3. The summed E-state index contributed by atoms with van der Waals surface area (Å²) < 4.78 is 20.3. The minimum atomic E-state index is -0.836. The van der Waals surface area contributed by atoms with Crippen LogP contribution < -0.4 is 21.3 Å². The molecule has 3 aromatic carbocycles. The first kappa shape index (κ1) is 22.7. The fraction of sp³-hybridized carbons (Fsp3) is 0.120. The topological polar surface area (TPSA) is 95.2 Å². The molecule has 1 heterocycles. The molecule has 1 N–H and O–H groups in total. The summed E-state index contributed by atoms with van der Waals surface area (Å²) in [6.45, 7) is 1.82. The van der Waals surface area contributed by atoms with Gasteiger partial charge in [0.15, 0.2) is 0 Å². The summed E-state index contributed by atoms with van der Waals surface area (Å²) in [7, 11) is 1.51. The van der Waals surface area contributed by atoms with Crippen LogP contribution in [0.1, 0.15) is 21.6 Å². The molecule has 4 rings (SSSR count). The number of hydrogen-bond donors (Lipinski definition) is 1. The van der Waals surface area contributed by atoms with E-state index in [0.717, 1.165) is 20.4 Å². The number of halogens is 1. The molecular weight excluding hydrogens is 439 g/mol. The number of carbonyl (C=O) groups excluding carboxylic acids is 1. The molecule has 8 nitrogen and oxygen atoms in total. The summed E-state index contributed by atoms with van der Waals surface area (Å²) in [5.41, 5.74) is 0.251. The van der Waals surface area contributed by atoms with Crippen LogP contribution in [-0.4, -0.2) is 27.4 Å². The molecule has 34 heavy (non-hydrogen) atoms. The van der Waals surface area contributed by atoms with Crippen molar-refractivity contribution in [3.63, 3.8) is 0 Å². The first-order valence-electron chi connectivity index (χ1n) is 10.4. The van der Waals surface area contributed by atoms with Gasteiger partial charge in [0.05, 0.1) is 19.3 Å². The molecule has 0 fully saturated rings.